The third-order valence-corrected chi connectivity index (χ3v) is 5.62. The molecule has 2 fully saturated rings. The first-order valence-electron chi connectivity index (χ1n) is 8.50. The van der Waals surface area contributed by atoms with Crippen molar-refractivity contribution in [3.63, 3.8) is 0 Å². The molecule has 0 spiro atoms. The van der Waals surface area contributed by atoms with E-state index in [-0.39, 0.29) is 17.1 Å². The highest BCUT2D eigenvalue weighted by atomic mass is 16.3. The molecule has 2 rings (SSSR count). The van der Waals surface area contributed by atoms with E-state index in [0.717, 1.165) is 32.4 Å². The van der Waals surface area contributed by atoms with Gasteiger partial charge < -0.3 is 10.8 Å². The molecule has 1 heterocycles. The third kappa shape index (κ3) is 3.20. The van der Waals surface area contributed by atoms with Crippen LogP contribution in [0.3, 0.4) is 0 Å². The summed E-state index contributed by atoms with van der Waals surface area (Å²) in [6.45, 7) is 11.1. The maximum atomic E-state index is 10.8. The molecule has 1 saturated heterocycles. The van der Waals surface area contributed by atoms with Crippen molar-refractivity contribution in [2.24, 2.45) is 17.1 Å². The molecule has 3 nitrogen and oxygen atoms in total. The number of likely N-dealkylation sites (tertiary alicyclic amines) is 1. The summed E-state index contributed by atoms with van der Waals surface area (Å²) in [5.41, 5.74) is 6.24. The molecule has 0 aromatic carbocycles. The lowest BCUT2D eigenvalue weighted by Gasteiger charge is -2.52. The Labute approximate surface area is 124 Å². The number of piperidine rings is 1. The van der Waals surface area contributed by atoms with Crippen molar-refractivity contribution >= 4 is 0 Å². The van der Waals surface area contributed by atoms with Crippen LogP contribution >= 0.6 is 0 Å². The Morgan fingerprint density at radius 2 is 2.00 bits per heavy atom. The smallest absolute Gasteiger partial charge is 0.0700 e. The summed E-state index contributed by atoms with van der Waals surface area (Å²) in [6.07, 6.45) is 6.62. The van der Waals surface area contributed by atoms with E-state index in [1.54, 1.807) is 0 Å². The van der Waals surface area contributed by atoms with Gasteiger partial charge in [-0.25, -0.2) is 0 Å². The van der Waals surface area contributed by atoms with Gasteiger partial charge in [-0.05, 0) is 31.1 Å². The second-order valence-corrected chi connectivity index (χ2v) is 8.17. The van der Waals surface area contributed by atoms with Crippen LogP contribution in [0.5, 0.6) is 0 Å². The summed E-state index contributed by atoms with van der Waals surface area (Å²) in [5, 5.41) is 10.8. The van der Waals surface area contributed by atoms with Gasteiger partial charge in [-0.1, -0.05) is 40.5 Å². The fourth-order valence-corrected chi connectivity index (χ4v) is 4.53. The van der Waals surface area contributed by atoms with Crippen molar-refractivity contribution in [3.8, 4) is 0 Å². The van der Waals surface area contributed by atoms with Crippen LogP contribution in [0.2, 0.25) is 0 Å². The van der Waals surface area contributed by atoms with Gasteiger partial charge in [-0.3, -0.25) is 4.90 Å². The van der Waals surface area contributed by atoms with Crippen molar-refractivity contribution < 1.29 is 5.11 Å². The quantitative estimate of drug-likeness (QED) is 0.837. The van der Waals surface area contributed by atoms with E-state index in [4.69, 9.17) is 5.73 Å². The maximum Gasteiger partial charge on any atom is 0.0700 e. The Morgan fingerprint density at radius 3 is 2.60 bits per heavy atom. The Kier molecular flexibility index (Phi) is 4.83. The number of nitrogens with two attached hydrogens (primary N) is 1. The number of nitrogens with zero attached hydrogens (tertiary/aromatic N) is 1. The standard InChI is InChI=1S/C17H34N2O/c1-5-14(18)15(16(2,3)4)19-11-10-17(20)9-7-6-8-13(17)12-19/h13-15,20H,5-12,18H2,1-4H3. The van der Waals surface area contributed by atoms with Gasteiger partial charge in [0.1, 0.15) is 0 Å². The summed E-state index contributed by atoms with van der Waals surface area (Å²) in [6, 6.07) is 0.642. The van der Waals surface area contributed by atoms with E-state index in [1.807, 2.05) is 0 Å². The molecule has 0 amide bonds. The van der Waals surface area contributed by atoms with E-state index >= 15 is 0 Å². The van der Waals surface area contributed by atoms with Crippen molar-refractivity contribution in [1.29, 1.82) is 0 Å². The molecular weight excluding hydrogens is 248 g/mol. The summed E-state index contributed by atoms with van der Waals surface area (Å²) < 4.78 is 0. The summed E-state index contributed by atoms with van der Waals surface area (Å²) in [4.78, 5) is 2.58. The van der Waals surface area contributed by atoms with Crippen molar-refractivity contribution in [2.75, 3.05) is 13.1 Å². The van der Waals surface area contributed by atoms with E-state index in [1.165, 1.54) is 19.3 Å². The monoisotopic (exact) mass is 282 g/mol. The number of aliphatic hydroxyl groups is 1. The third-order valence-electron chi connectivity index (χ3n) is 5.62. The first-order chi connectivity index (χ1) is 9.28. The van der Waals surface area contributed by atoms with Crippen LogP contribution in [-0.4, -0.2) is 40.8 Å². The predicted octanol–water partition coefficient (Wildman–Crippen LogP) is 2.77. The van der Waals surface area contributed by atoms with Gasteiger partial charge in [-0.15, -0.1) is 0 Å². The first kappa shape index (κ1) is 16.3. The molecule has 0 aromatic heterocycles. The molecule has 3 heteroatoms. The van der Waals surface area contributed by atoms with E-state index in [2.05, 4.69) is 32.6 Å². The fourth-order valence-electron chi connectivity index (χ4n) is 4.53. The van der Waals surface area contributed by atoms with Gasteiger partial charge in [0.2, 0.25) is 0 Å². The van der Waals surface area contributed by atoms with Crippen LogP contribution in [0.1, 0.15) is 66.2 Å². The van der Waals surface area contributed by atoms with E-state index in [0.29, 0.717) is 12.0 Å². The topological polar surface area (TPSA) is 49.5 Å². The van der Waals surface area contributed by atoms with Crippen LogP contribution in [0.25, 0.3) is 0 Å². The maximum absolute atomic E-state index is 10.8. The SMILES string of the molecule is CCC(N)C(N1CCC2(O)CCCCC2C1)C(C)(C)C. The van der Waals surface area contributed by atoms with Gasteiger partial charge in [-0.2, -0.15) is 0 Å². The number of hydrogen-bond donors (Lipinski definition) is 2. The lowest BCUT2D eigenvalue weighted by Crippen LogP contribution is -2.62. The summed E-state index contributed by atoms with van der Waals surface area (Å²) >= 11 is 0. The Morgan fingerprint density at radius 1 is 1.30 bits per heavy atom. The first-order valence-corrected chi connectivity index (χ1v) is 8.50. The molecule has 1 saturated carbocycles. The minimum Gasteiger partial charge on any atom is -0.390 e. The zero-order chi connectivity index (χ0) is 15.0. The predicted molar refractivity (Wildman–Crippen MR) is 84.6 cm³/mol. The van der Waals surface area contributed by atoms with Crippen molar-refractivity contribution in [1.82, 2.24) is 4.90 Å². The van der Waals surface area contributed by atoms with Crippen molar-refractivity contribution in [3.05, 3.63) is 0 Å². The summed E-state index contributed by atoms with van der Waals surface area (Å²) in [5.74, 6) is 0.457. The van der Waals surface area contributed by atoms with Crippen LogP contribution < -0.4 is 5.73 Å². The molecule has 2 aliphatic rings. The molecule has 0 radical (unpaired) electrons. The number of hydrogen-bond acceptors (Lipinski definition) is 3. The zero-order valence-corrected chi connectivity index (χ0v) is 13.9. The minimum absolute atomic E-state index is 0.194. The molecule has 118 valence electrons. The van der Waals surface area contributed by atoms with Gasteiger partial charge in [0, 0.05) is 31.1 Å². The van der Waals surface area contributed by atoms with Crippen LogP contribution in [0, 0.1) is 11.3 Å². The molecule has 20 heavy (non-hydrogen) atoms. The van der Waals surface area contributed by atoms with Crippen LogP contribution in [-0.2, 0) is 0 Å². The van der Waals surface area contributed by atoms with Crippen LogP contribution in [0.15, 0.2) is 0 Å². The lowest BCUT2D eigenvalue weighted by molar-refractivity contribution is -0.113. The van der Waals surface area contributed by atoms with Gasteiger partial charge >= 0.3 is 0 Å². The normalized spacial score (nSPS) is 35.4. The molecule has 1 aliphatic carbocycles. The van der Waals surface area contributed by atoms with Crippen molar-refractivity contribution in [2.45, 2.75) is 83.9 Å². The highest BCUT2D eigenvalue weighted by molar-refractivity contribution is 5.00. The minimum atomic E-state index is -0.381. The van der Waals surface area contributed by atoms with E-state index < -0.39 is 0 Å². The second kappa shape index (κ2) is 5.94. The fraction of sp³-hybridized carbons (Fsp3) is 1.00. The molecule has 0 bridgehead atoms. The number of fused-ring (bicyclic) bond motifs is 1. The van der Waals surface area contributed by atoms with Gasteiger partial charge in [0.05, 0.1) is 5.60 Å². The Hall–Kier alpha value is -0.120. The molecular formula is C17H34N2O. The second-order valence-electron chi connectivity index (χ2n) is 8.17. The van der Waals surface area contributed by atoms with E-state index in [9.17, 15) is 5.11 Å². The molecule has 4 unspecified atom stereocenters. The Bertz CT molecular complexity index is 325. The number of rotatable bonds is 3. The average molecular weight is 282 g/mol. The highest BCUT2D eigenvalue weighted by Gasteiger charge is 2.46. The molecule has 0 aromatic rings. The molecule has 4 atom stereocenters. The Balaban J connectivity index is 2.12. The largest absolute Gasteiger partial charge is 0.390 e. The molecule has 3 N–H and O–H groups in total. The lowest BCUT2D eigenvalue weighted by atomic mass is 9.69. The van der Waals surface area contributed by atoms with Crippen LogP contribution in [0.4, 0.5) is 0 Å². The average Bonchev–Trinajstić information content (AvgIpc) is 2.37. The summed E-state index contributed by atoms with van der Waals surface area (Å²) in [7, 11) is 0. The zero-order valence-electron chi connectivity index (χ0n) is 13.9. The van der Waals surface area contributed by atoms with Gasteiger partial charge in [0.15, 0.2) is 0 Å². The highest BCUT2D eigenvalue weighted by Crippen LogP contribution is 2.42. The molecule has 1 aliphatic heterocycles. The van der Waals surface area contributed by atoms with Gasteiger partial charge in [0.25, 0.3) is 0 Å².